The summed E-state index contributed by atoms with van der Waals surface area (Å²) in [5.74, 6) is 0.293. The lowest BCUT2D eigenvalue weighted by atomic mass is 10.2. The fourth-order valence-electron chi connectivity index (χ4n) is 0.783. The van der Waals surface area contributed by atoms with Crippen LogP contribution in [0, 0.1) is 0 Å². The van der Waals surface area contributed by atoms with Crippen LogP contribution < -0.4 is 12.3 Å². The Morgan fingerprint density at radius 3 is 2.38 bits per heavy atom. The SMILES string of the molecule is CC=C=Cc1ccccc1O.N.N. The van der Waals surface area contributed by atoms with Crippen molar-refractivity contribution in [2.75, 3.05) is 0 Å². The molecule has 0 heterocycles. The van der Waals surface area contributed by atoms with Crippen LogP contribution in [0.4, 0.5) is 0 Å². The third-order valence-electron chi connectivity index (χ3n) is 1.34. The number of allylic oxidation sites excluding steroid dienone is 1. The van der Waals surface area contributed by atoms with Crippen molar-refractivity contribution < 1.29 is 5.11 Å². The molecule has 0 bridgehead atoms. The maximum Gasteiger partial charge on any atom is 0.123 e. The molecule has 0 aliphatic rings. The fourth-order valence-corrected chi connectivity index (χ4v) is 0.783. The average Bonchev–Trinajstić information content (AvgIpc) is 2.03. The lowest BCUT2D eigenvalue weighted by Crippen LogP contribution is -1.70. The van der Waals surface area contributed by atoms with E-state index in [9.17, 15) is 5.11 Å². The molecule has 0 aromatic heterocycles. The molecule has 72 valence electrons. The second-order valence-corrected chi connectivity index (χ2v) is 2.16. The molecule has 3 nitrogen and oxygen atoms in total. The van der Waals surface area contributed by atoms with Gasteiger partial charge in [0, 0.05) is 5.56 Å². The maximum atomic E-state index is 9.25. The topological polar surface area (TPSA) is 90.2 Å². The highest BCUT2D eigenvalue weighted by molar-refractivity contribution is 5.55. The highest BCUT2D eigenvalue weighted by Crippen LogP contribution is 2.15. The van der Waals surface area contributed by atoms with Crippen LogP contribution in [0.5, 0.6) is 5.75 Å². The molecule has 0 fully saturated rings. The van der Waals surface area contributed by atoms with Crippen LogP contribution in [0.2, 0.25) is 0 Å². The van der Waals surface area contributed by atoms with E-state index >= 15 is 0 Å². The molecule has 0 aliphatic carbocycles. The molecule has 13 heavy (non-hydrogen) atoms. The quantitative estimate of drug-likeness (QED) is 0.580. The van der Waals surface area contributed by atoms with E-state index < -0.39 is 0 Å². The number of rotatable bonds is 1. The van der Waals surface area contributed by atoms with E-state index in [-0.39, 0.29) is 12.3 Å². The summed E-state index contributed by atoms with van der Waals surface area (Å²) < 4.78 is 0. The molecule has 0 radical (unpaired) electrons. The first-order chi connectivity index (χ1) is 5.34. The number of aromatic hydroxyl groups is 1. The minimum Gasteiger partial charge on any atom is -0.507 e. The molecule has 0 atom stereocenters. The van der Waals surface area contributed by atoms with Crippen LogP contribution in [0.15, 0.2) is 36.1 Å². The van der Waals surface area contributed by atoms with Crippen molar-refractivity contribution in [1.29, 1.82) is 0 Å². The Hall–Kier alpha value is -1.54. The van der Waals surface area contributed by atoms with Crippen LogP contribution in [-0.4, -0.2) is 5.11 Å². The minimum atomic E-state index is 0. The van der Waals surface area contributed by atoms with E-state index in [2.05, 4.69) is 5.73 Å². The van der Waals surface area contributed by atoms with Crippen LogP contribution in [-0.2, 0) is 0 Å². The molecule has 1 rings (SSSR count). The zero-order valence-electron chi connectivity index (χ0n) is 7.83. The summed E-state index contributed by atoms with van der Waals surface area (Å²) >= 11 is 0. The van der Waals surface area contributed by atoms with Gasteiger partial charge in [0.05, 0.1) is 0 Å². The average molecular weight is 180 g/mol. The predicted molar refractivity (Wildman–Crippen MR) is 56.4 cm³/mol. The van der Waals surface area contributed by atoms with E-state index in [0.29, 0.717) is 5.75 Å². The van der Waals surface area contributed by atoms with Crippen LogP contribution in [0.25, 0.3) is 6.08 Å². The highest BCUT2D eigenvalue weighted by Gasteiger charge is 1.91. The van der Waals surface area contributed by atoms with E-state index in [1.165, 1.54) is 0 Å². The summed E-state index contributed by atoms with van der Waals surface area (Å²) in [6.07, 6.45) is 3.54. The van der Waals surface area contributed by atoms with Crippen LogP contribution in [0.1, 0.15) is 12.5 Å². The first kappa shape index (κ1) is 14.0. The van der Waals surface area contributed by atoms with Crippen molar-refractivity contribution in [3.05, 3.63) is 41.6 Å². The molecule has 0 saturated carbocycles. The second kappa shape index (κ2) is 7.13. The summed E-state index contributed by atoms with van der Waals surface area (Å²) in [6, 6.07) is 7.17. The molecular formula is C10H16N2O. The molecule has 0 aliphatic heterocycles. The Kier molecular flexibility index (Phi) is 7.68. The van der Waals surface area contributed by atoms with Gasteiger partial charge in [-0.1, -0.05) is 18.2 Å². The Bertz CT molecular complexity index is 302. The molecule has 1 aromatic carbocycles. The Labute approximate surface area is 78.6 Å². The summed E-state index contributed by atoms with van der Waals surface area (Å²) in [5.41, 5.74) is 3.69. The summed E-state index contributed by atoms with van der Waals surface area (Å²) in [4.78, 5) is 0. The highest BCUT2D eigenvalue weighted by atomic mass is 16.3. The smallest absolute Gasteiger partial charge is 0.123 e. The van der Waals surface area contributed by atoms with Crippen molar-refractivity contribution in [3.63, 3.8) is 0 Å². The number of phenolic OH excluding ortho intramolecular Hbond substituents is 1. The first-order valence-electron chi connectivity index (χ1n) is 3.49. The molecule has 1 aromatic rings. The van der Waals surface area contributed by atoms with Gasteiger partial charge in [-0.05, 0) is 25.1 Å². The zero-order valence-corrected chi connectivity index (χ0v) is 7.83. The number of hydrogen-bond acceptors (Lipinski definition) is 3. The van der Waals surface area contributed by atoms with Gasteiger partial charge in [0.1, 0.15) is 5.75 Å². The largest absolute Gasteiger partial charge is 0.507 e. The number of benzene rings is 1. The van der Waals surface area contributed by atoms with Gasteiger partial charge in [-0.25, -0.2) is 0 Å². The lowest BCUT2D eigenvalue weighted by Gasteiger charge is -1.93. The van der Waals surface area contributed by atoms with Gasteiger partial charge in [-0.2, -0.15) is 0 Å². The monoisotopic (exact) mass is 180 g/mol. The summed E-state index contributed by atoms with van der Waals surface area (Å²) in [6.45, 7) is 1.89. The van der Waals surface area contributed by atoms with E-state index in [0.717, 1.165) is 5.56 Å². The molecule has 3 heteroatoms. The minimum absolute atomic E-state index is 0. The van der Waals surface area contributed by atoms with Crippen LogP contribution >= 0.6 is 0 Å². The standard InChI is InChI=1S/C10H10O.2H3N/c1-2-3-6-9-7-4-5-8-10(9)11;;/h2,4-8,11H,1H3;2*1H3. The second-order valence-electron chi connectivity index (χ2n) is 2.16. The van der Waals surface area contributed by atoms with Gasteiger partial charge in [0.2, 0.25) is 0 Å². The van der Waals surface area contributed by atoms with Crippen molar-refractivity contribution in [2.24, 2.45) is 0 Å². The van der Waals surface area contributed by atoms with Gasteiger partial charge >= 0.3 is 0 Å². The fraction of sp³-hybridized carbons (Fsp3) is 0.100. The molecule has 0 unspecified atom stereocenters. The van der Waals surface area contributed by atoms with Crippen molar-refractivity contribution >= 4 is 6.08 Å². The maximum absolute atomic E-state index is 9.25. The normalized spacial score (nSPS) is 7.15. The Morgan fingerprint density at radius 1 is 1.23 bits per heavy atom. The molecule has 0 saturated heterocycles. The third-order valence-corrected chi connectivity index (χ3v) is 1.34. The van der Waals surface area contributed by atoms with Gasteiger partial charge in [-0.15, -0.1) is 5.73 Å². The molecule has 7 N–H and O–H groups in total. The van der Waals surface area contributed by atoms with E-state index in [1.54, 1.807) is 24.3 Å². The number of hydrogen-bond donors (Lipinski definition) is 3. The van der Waals surface area contributed by atoms with Gasteiger partial charge in [0.25, 0.3) is 0 Å². The Morgan fingerprint density at radius 2 is 1.85 bits per heavy atom. The molecule has 0 amide bonds. The number of phenols is 1. The number of para-hydroxylation sites is 1. The summed E-state index contributed by atoms with van der Waals surface area (Å²) in [5, 5.41) is 9.25. The van der Waals surface area contributed by atoms with Crippen molar-refractivity contribution in [3.8, 4) is 5.75 Å². The first-order valence-corrected chi connectivity index (χ1v) is 3.49. The summed E-state index contributed by atoms with van der Waals surface area (Å²) in [7, 11) is 0. The van der Waals surface area contributed by atoms with Crippen LogP contribution in [0.3, 0.4) is 0 Å². The van der Waals surface area contributed by atoms with E-state index in [4.69, 9.17) is 0 Å². The lowest BCUT2D eigenvalue weighted by molar-refractivity contribution is 0.474. The van der Waals surface area contributed by atoms with Gasteiger partial charge in [-0.3, -0.25) is 0 Å². The van der Waals surface area contributed by atoms with Gasteiger partial charge in [0.15, 0.2) is 0 Å². The predicted octanol–water partition coefficient (Wildman–Crippen LogP) is 2.90. The van der Waals surface area contributed by atoms with E-state index in [1.807, 2.05) is 19.1 Å². The zero-order chi connectivity index (χ0) is 8.10. The molecular weight excluding hydrogens is 164 g/mol. The van der Waals surface area contributed by atoms with Crippen molar-refractivity contribution in [1.82, 2.24) is 12.3 Å². The van der Waals surface area contributed by atoms with Crippen molar-refractivity contribution in [2.45, 2.75) is 6.92 Å². The van der Waals surface area contributed by atoms with Gasteiger partial charge < -0.3 is 17.4 Å². The Balaban J connectivity index is 0. The molecule has 0 spiro atoms. The third kappa shape index (κ3) is 4.13.